The van der Waals surface area contributed by atoms with Crippen molar-refractivity contribution in [1.82, 2.24) is 0 Å². The molecule has 0 fully saturated rings. The number of sulfonamides is 1. The van der Waals surface area contributed by atoms with E-state index in [-0.39, 0.29) is 0 Å². The van der Waals surface area contributed by atoms with Crippen molar-refractivity contribution in [3.63, 3.8) is 0 Å². The summed E-state index contributed by atoms with van der Waals surface area (Å²) < 4.78 is 27.4. The molecule has 0 aliphatic carbocycles. The van der Waals surface area contributed by atoms with Crippen LogP contribution in [0.2, 0.25) is 0 Å². The first kappa shape index (κ1) is 16.6. The first-order chi connectivity index (χ1) is 10.6. The number of hydrogen-bond donors (Lipinski definition) is 0. The summed E-state index contributed by atoms with van der Waals surface area (Å²) in [4.78, 5) is 0.352. The number of nitrogens with zero attached hydrogens (tertiary/aromatic N) is 1. The summed E-state index contributed by atoms with van der Waals surface area (Å²) >= 11 is 0. The van der Waals surface area contributed by atoms with Gasteiger partial charge in [-0.1, -0.05) is 50.6 Å². The zero-order chi connectivity index (χ0) is 16.0. The van der Waals surface area contributed by atoms with Crippen LogP contribution in [0.1, 0.15) is 32.3 Å². The van der Waals surface area contributed by atoms with E-state index >= 15 is 0 Å². The van der Waals surface area contributed by atoms with E-state index in [2.05, 4.69) is 13.8 Å². The van der Waals surface area contributed by atoms with E-state index in [1.165, 1.54) is 4.31 Å². The van der Waals surface area contributed by atoms with Gasteiger partial charge in [-0.3, -0.25) is 4.31 Å². The predicted molar refractivity (Wildman–Crippen MR) is 91.7 cm³/mol. The Balaban J connectivity index is 2.39. The van der Waals surface area contributed by atoms with Crippen molar-refractivity contribution in [1.29, 1.82) is 0 Å². The van der Waals surface area contributed by atoms with Gasteiger partial charge in [0.2, 0.25) is 0 Å². The van der Waals surface area contributed by atoms with Gasteiger partial charge in [0.05, 0.1) is 10.6 Å². The highest BCUT2D eigenvalue weighted by atomic mass is 32.2. The average Bonchev–Trinajstić information content (AvgIpc) is 2.56. The molecule has 0 aromatic heterocycles. The maximum atomic E-state index is 13.0. The Morgan fingerprint density at radius 3 is 2.09 bits per heavy atom. The van der Waals surface area contributed by atoms with Crippen LogP contribution >= 0.6 is 0 Å². The largest absolute Gasteiger partial charge is 0.266 e. The second-order valence-electron chi connectivity index (χ2n) is 5.26. The number of anilines is 1. The zero-order valence-electron chi connectivity index (χ0n) is 13.2. The number of unbranched alkanes of at least 4 members (excludes halogenated alkanes) is 1. The van der Waals surface area contributed by atoms with Crippen molar-refractivity contribution in [2.75, 3.05) is 10.8 Å². The lowest BCUT2D eigenvalue weighted by molar-refractivity contribution is 0.588. The highest BCUT2D eigenvalue weighted by molar-refractivity contribution is 7.92. The van der Waals surface area contributed by atoms with Gasteiger partial charge in [0.15, 0.2) is 0 Å². The second-order valence-corrected chi connectivity index (χ2v) is 7.13. The van der Waals surface area contributed by atoms with Crippen LogP contribution in [-0.2, 0) is 16.4 Å². The van der Waals surface area contributed by atoms with Crippen LogP contribution in [0.3, 0.4) is 0 Å². The molecular weight excluding hydrogens is 294 g/mol. The molecule has 0 heterocycles. The molecule has 0 amide bonds. The third kappa shape index (κ3) is 3.69. The Hall–Kier alpha value is -1.81. The number of hydrogen-bond acceptors (Lipinski definition) is 2. The molecular formula is C18H23NO2S. The molecule has 0 unspecified atom stereocenters. The normalized spacial score (nSPS) is 11.4. The molecule has 2 aromatic carbocycles. The van der Waals surface area contributed by atoms with Gasteiger partial charge in [-0.25, -0.2) is 8.42 Å². The van der Waals surface area contributed by atoms with Gasteiger partial charge in [-0.15, -0.1) is 0 Å². The van der Waals surface area contributed by atoms with E-state index in [4.69, 9.17) is 0 Å². The molecule has 118 valence electrons. The van der Waals surface area contributed by atoms with E-state index in [0.29, 0.717) is 11.4 Å². The van der Waals surface area contributed by atoms with Crippen LogP contribution in [0, 0.1) is 0 Å². The maximum absolute atomic E-state index is 13.0. The molecule has 0 saturated heterocycles. The predicted octanol–water partition coefficient (Wildman–Crippen LogP) is 4.24. The van der Waals surface area contributed by atoms with Crippen LogP contribution in [0.15, 0.2) is 59.5 Å². The second kappa shape index (κ2) is 7.45. The van der Waals surface area contributed by atoms with Crippen molar-refractivity contribution in [3.8, 4) is 0 Å². The highest BCUT2D eigenvalue weighted by Crippen LogP contribution is 2.24. The fourth-order valence-corrected chi connectivity index (χ4v) is 3.81. The van der Waals surface area contributed by atoms with E-state index < -0.39 is 10.0 Å². The molecule has 0 saturated carbocycles. The smallest absolute Gasteiger partial charge is 0.264 e. The average molecular weight is 317 g/mol. The fourth-order valence-electron chi connectivity index (χ4n) is 2.31. The molecule has 3 nitrogen and oxygen atoms in total. The molecule has 0 atom stereocenters. The quantitative estimate of drug-likeness (QED) is 0.766. The number of rotatable bonds is 7. The standard InChI is InChI=1S/C18H23NO2S/c1-3-5-15-19(17-9-7-6-8-10-17)22(20,21)18-13-11-16(4-2)12-14-18/h6-14H,3-5,15H2,1-2H3. The van der Waals surface area contributed by atoms with Crippen molar-refractivity contribution in [2.24, 2.45) is 0 Å². The van der Waals surface area contributed by atoms with Crippen LogP contribution in [0.25, 0.3) is 0 Å². The van der Waals surface area contributed by atoms with Crippen molar-refractivity contribution < 1.29 is 8.42 Å². The lowest BCUT2D eigenvalue weighted by Gasteiger charge is -2.24. The number of para-hydroxylation sites is 1. The minimum atomic E-state index is -3.52. The first-order valence-electron chi connectivity index (χ1n) is 7.76. The van der Waals surface area contributed by atoms with Gasteiger partial charge in [-0.2, -0.15) is 0 Å². The van der Waals surface area contributed by atoms with Gasteiger partial charge in [-0.05, 0) is 42.7 Å². The fraction of sp³-hybridized carbons (Fsp3) is 0.333. The molecule has 0 bridgehead atoms. The summed E-state index contributed by atoms with van der Waals surface area (Å²) in [7, 11) is -3.52. The van der Waals surface area contributed by atoms with Crippen molar-refractivity contribution in [2.45, 2.75) is 38.0 Å². The van der Waals surface area contributed by atoms with Gasteiger partial charge in [0.1, 0.15) is 0 Å². The van der Waals surface area contributed by atoms with Crippen LogP contribution in [0.5, 0.6) is 0 Å². The Morgan fingerprint density at radius 2 is 1.55 bits per heavy atom. The molecule has 22 heavy (non-hydrogen) atoms. The third-order valence-electron chi connectivity index (χ3n) is 3.68. The van der Waals surface area contributed by atoms with E-state index in [9.17, 15) is 8.42 Å². The van der Waals surface area contributed by atoms with Crippen molar-refractivity contribution >= 4 is 15.7 Å². The highest BCUT2D eigenvalue weighted by Gasteiger charge is 2.24. The van der Waals surface area contributed by atoms with Gasteiger partial charge in [0.25, 0.3) is 10.0 Å². The summed E-state index contributed by atoms with van der Waals surface area (Å²) in [5, 5.41) is 0. The summed E-state index contributed by atoms with van der Waals surface area (Å²) in [5.74, 6) is 0. The van der Waals surface area contributed by atoms with E-state index in [1.807, 2.05) is 42.5 Å². The molecule has 2 rings (SSSR count). The first-order valence-corrected chi connectivity index (χ1v) is 9.20. The summed E-state index contributed by atoms with van der Waals surface area (Å²) in [5.41, 5.74) is 1.86. The Kier molecular flexibility index (Phi) is 5.61. The lowest BCUT2D eigenvalue weighted by Crippen LogP contribution is -2.32. The molecule has 0 radical (unpaired) electrons. The summed E-state index contributed by atoms with van der Waals surface area (Å²) in [6.45, 7) is 4.62. The van der Waals surface area contributed by atoms with E-state index in [0.717, 1.165) is 30.5 Å². The monoisotopic (exact) mass is 317 g/mol. The van der Waals surface area contributed by atoms with Crippen molar-refractivity contribution in [3.05, 3.63) is 60.2 Å². The zero-order valence-corrected chi connectivity index (χ0v) is 14.0. The van der Waals surface area contributed by atoms with Crippen LogP contribution < -0.4 is 4.31 Å². The number of aryl methyl sites for hydroxylation is 1. The lowest BCUT2D eigenvalue weighted by atomic mass is 10.2. The van der Waals surface area contributed by atoms with E-state index in [1.54, 1.807) is 12.1 Å². The topological polar surface area (TPSA) is 37.4 Å². The minimum Gasteiger partial charge on any atom is -0.266 e. The molecule has 0 N–H and O–H groups in total. The molecule has 2 aromatic rings. The Morgan fingerprint density at radius 1 is 0.909 bits per heavy atom. The van der Waals surface area contributed by atoms with Gasteiger partial charge < -0.3 is 0 Å². The Bertz CT molecular complexity index is 679. The number of benzene rings is 2. The SMILES string of the molecule is CCCCN(c1ccccc1)S(=O)(=O)c1ccc(CC)cc1. The van der Waals surface area contributed by atoms with Gasteiger partial charge in [0, 0.05) is 6.54 Å². The third-order valence-corrected chi connectivity index (χ3v) is 5.52. The molecule has 0 aliphatic rings. The molecule has 4 heteroatoms. The molecule has 0 spiro atoms. The minimum absolute atomic E-state index is 0.352. The Labute approximate surface area is 133 Å². The molecule has 0 aliphatic heterocycles. The van der Waals surface area contributed by atoms with Gasteiger partial charge >= 0.3 is 0 Å². The summed E-state index contributed by atoms with van der Waals surface area (Å²) in [6, 6.07) is 16.5. The summed E-state index contributed by atoms with van der Waals surface area (Å²) in [6.07, 6.45) is 2.69. The van der Waals surface area contributed by atoms with Crippen LogP contribution in [0.4, 0.5) is 5.69 Å². The maximum Gasteiger partial charge on any atom is 0.264 e. The van der Waals surface area contributed by atoms with Crippen LogP contribution in [-0.4, -0.2) is 15.0 Å².